The molecule has 2 heterocycles. The standard InChI is InChI=1S/C14H20N2O4S2/c1-10-7-12(21-8-10)14(18)16-5-3-11(4-6-16)22(19,20)9-13(17)15-2/h7-8,11H,3-6,9H2,1-2H3,(H,15,17). The molecule has 22 heavy (non-hydrogen) atoms. The molecule has 2 amide bonds. The van der Waals surface area contributed by atoms with Crippen LogP contribution in [0.3, 0.4) is 0 Å². The molecular formula is C14H20N2O4S2. The molecule has 1 aliphatic heterocycles. The van der Waals surface area contributed by atoms with E-state index in [0.717, 1.165) is 5.56 Å². The van der Waals surface area contributed by atoms with E-state index < -0.39 is 26.7 Å². The Labute approximate surface area is 134 Å². The van der Waals surface area contributed by atoms with Crippen LogP contribution in [0.1, 0.15) is 28.1 Å². The van der Waals surface area contributed by atoms with Gasteiger partial charge in [-0.2, -0.15) is 0 Å². The average molecular weight is 344 g/mol. The zero-order chi connectivity index (χ0) is 16.3. The number of rotatable bonds is 4. The van der Waals surface area contributed by atoms with Gasteiger partial charge in [0.25, 0.3) is 5.91 Å². The van der Waals surface area contributed by atoms with Crippen LogP contribution in [0, 0.1) is 6.92 Å². The van der Waals surface area contributed by atoms with Gasteiger partial charge in [-0.3, -0.25) is 9.59 Å². The van der Waals surface area contributed by atoms with Crippen molar-refractivity contribution in [1.29, 1.82) is 0 Å². The van der Waals surface area contributed by atoms with Crippen LogP contribution in [0.2, 0.25) is 0 Å². The fourth-order valence-electron chi connectivity index (χ4n) is 2.49. The van der Waals surface area contributed by atoms with Gasteiger partial charge in [0.15, 0.2) is 9.84 Å². The van der Waals surface area contributed by atoms with Crippen molar-refractivity contribution in [1.82, 2.24) is 10.2 Å². The second-order valence-corrected chi connectivity index (χ2v) is 8.65. The molecule has 1 aromatic rings. The topological polar surface area (TPSA) is 83.6 Å². The van der Waals surface area contributed by atoms with E-state index in [1.807, 2.05) is 18.4 Å². The third kappa shape index (κ3) is 3.86. The van der Waals surface area contributed by atoms with Crippen LogP contribution in [0.4, 0.5) is 0 Å². The van der Waals surface area contributed by atoms with Gasteiger partial charge < -0.3 is 10.2 Å². The fourth-order valence-corrected chi connectivity index (χ4v) is 5.03. The first-order valence-electron chi connectivity index (χ1n) is 7.10. The van der Waals surface area contributed by atoms with Gasteiger partial charge in [-0.15, -0.1) is 11.3 Å². The lowest BCUT2D eigenvalue weighted by molar-refractivity contribution is -0.118. The largest absolute Gasteiger partial charge is 0.358 e. The normalized spacial score (nSPS) is 16.5. The second kappa shape index (κ2) is 6.78. The number of nitrogens with zero attached hydrogens (tertiary/aromatic N) is 1. The van der Waals surface area contributed by atoms with Crippen molar-refractivity contribution in [3.05, 3.63) is 21.9 Å². The van der Waals surface area contributed by atoms with Crippen molar-refractivity contribution in [3.63, 3.8) is 0 Å². The number of nitrogens with one attached hydrogen (secondary N) is 1. The first-order chi connectivity index (χ1) is 10.3. The highest BCUT2D eigenvalue weighted by Gasteiger charge is 2.33. The number of thiophene rings is 1. The Hall–Kier alpha value is -1.41. The summed E-state index contributed by atoms with van der Waals surface area (Å²) < 4.78 is 24.3. The second-order valence-electron chi connectivity index (χ2n) is 5.46. The molecule has 6 nitrogen and oxygen atoms in total. The number of sulfone groups is 1. The maximum Gasteiger partial charge on any atom is 0.263 e. The van der Waals surface area contributed by atoms with Crippen LogP contribution in [0.15, 0.2) is 11.4 Å². The number of hydrogen-bond donors (Lipinski definition) is 1. The molecule has 122 valence electrons. The van der Waals surface area contributed by atoms with Crippen LogP contribution < -0.4 is 5.32 Å². The molecule has 0 spiro atoms. The van der Waals surface area contributed by atoms with E-state index in [2.05, 4.69) is 5.32 Å². The molecule has 2 rings (SSSR count). The van der Waals surface area contributed by atoms with Gasteiger partial charge in [0.1, 0.15) is 5.75 Å². The number of carbonyl (C=O) groups is 2. The lowest BCUT2D eigenvalue weighted by atomic mass is 10.1. The summed E-state index contributed by atoms with van der Waals surface area (Å²) in [5, 5.41) is 3.71. The quantitative estimate of drug-likeness (QED) is 0.877. The zero-order valence-electron chi connectivity index (χ0n) is 12.7. The van der Waals surface area contributed by atoms with E-state index >= 15 is 0 Å². The van der Waals surface area contributed by atoms with Gasteiger partial charge in [0.2, 0.25) is 5.91 Å². The van der Waals surface area contributed by atoms with Gasteiger partial charge >= 0.3 is 0 Å². The van der Waals surface area contributed by atoms with Crippen LogP contribution in [0.5, 0.6) is 0 Å². The molecule has 1 aliphatic rings. The molecule has 0 radical (unpaired) electrons. The van der Waals surface area contributed by atoms with E-state index in [1.54, 1.807) is 4.90 Å². The van der Waals surface area contributed by atoms with Gasteiger partial charge in [0.05, 0.1) is 10.1 Å². The highest BCUT2D eigenvalue weighted by atomic mass is 32.2. The molecule has 1 N–H and O–H groups in total. The molecule has 8 heteroatoms. The third-order valence-corrected chi connectivity index (χ3v) is 6.98. The Morgan fingerprint density at radius 2 is 2.00 bits per heavy atom. The molecule has 0 aromatic carbocycles. The van der Waals surface area contributed by atoms with Crippen molar-refractivity contribution >= 4 is 33.0 Å². The van der Waals surface area contributed by atoms with Crippen molar-refractivity contribution < 1.29 is 18.0 Å². The van der Waals surface area contributed by atoms with E-state index in [9.17, 15) is 18.0 Å². The minimum absolute atomic E-state index is 0.0414. The van der Waals surface area contributed by atoms with Crippen molar-refractivity contribution in [2.24, 2.45) is 0 Å². The van der Waals surface area contributed by atoms with Crippen molar-refractivity contribution in [2.75, 3.05) is 25.9 Å². The van der Waals surface area contributed by atoms with E-state index in [0.29, 0.717) is 30.8 Å². The van der Waals surface area contributed by atoms with Gasteiger partial charge in [-0.1, -0.05) is 0 Å². The molecule has 0 aliphatic carbocycles. The average Bonchev–Trinajstić information content (AvgIpc) is 2.92. The maximum absolute atomic E-state index is 12.3. The van der Waals surface area contributed by atoms with Crippen LogP contribution in [0.25, 0.3) is 0 Å². The predicted molar refractivity (Wildman–Crippen MR) is 85.8 cm³/mol. The van der Waals surface area contributed by atoms with Crippen molar-refractivity contribution in [3.8, 4) is 0 Å². The molecule has 0 unspecified atom stereocenters. The highest BCUT2D eigenvalue weighted by Crippen LogP contribution is 2.22. The number of amides is 2. The Kier molecular flexibility index (Phi) is 5.23. The Bertz CT molecular complexity index is 658. The minimum Gasteiger partial charge on any atom is -0.358 e. The number of aryl methyl sites for hydroxylation is 1. The maximum atomic E-state index is 12.3. The molecule has 1 fully saturated rings. The number of likely N-dealkylation sites (tertiary alicyclic amines) is 1. The van der Waals surface area contributed by atoms with E-state index in [4.69, 9.17) is 0 Å². The number of hydrogen-bond acceptors (Lipinski definition) is 5. The number of piperidine rings is 1. The van der Waals surface area contributed by atoms with E-state index in [1.165, 1.54) is 18.4 Å². The summed E-state index contributed by atoms with van der Waals surface area (Å²) in [6.45, 7) is 2.76. The Morgan fingerprint density at radius 1 is 1.36 bits per heavy atom. The summed E-state index contributed by atoms with van der Waals surface area (Å²) in [5.41, 5.74) is 1.05. The molecular weight excluding hydrogens is 324 g/mol. The zero-order valence-corrected chi connectivity index (χ0v) is 14.3. The van der Waals surface area contributed by atoms with Gasteiger partial charge in [-0.25, -0.2) is 8.42 Å². The Morgan fingerprint density at radius 3 is 2.50 bits per heavy atom. The summed E-state index contributed by atoms with van der Waals surface area (Å²) in [7, 11) is -2.03. The minimum atomic E-state index is -3.45. The predicted octanol–water partition coefficient (Wildman–Crippen LogP) is 0.822. The summed E-state index contributed by atoms with van der Waals surface area (Å²) in [6, 6.07) is 1.85. The first-order valence-corrected chi connectivity index (χ1v) is 9.69. The molecule has 1 saturated heterocycles. The smallest absolute Gasteiger partial charge is 0.263 e. The lowest BCUT2D eigenvalue weighted by Crippen LogP contribution is -2.44. The molecule has 0 saturated carbocycles. The van der Waals surface area contributed by atoms with Crippen LogP contribution in [-0.4, -0.2) is 56.3 Å². The van der Waals surface area contributed by atoms with Crippen LogP contribution in [-0.2, 0) is 14.6 Å². The Balaban J connectivity index is 1.95. The summed E-state index contributed by atoms with van der Waals surface area (Å²) in [6.07, 6.45) is 0.769. The summed E-state index contributed by atoms with van der Waals surface area (Å²) in [4.78, 5) is 26.0. The lowest BCUT2D eigenvalue weighted by Gasteiger charge is -2.31. The van der Waals surface area contributed by atoms with Gasteiger partial charge in [0, 0.05) is 20.1 Å². The van der Waals surface area contributed by atoms with Crippen molar-refractivity contribution in [2.45, 2.75) is 25.0 Å². The monoisotopic (exact) mass is 344 g/mol. The van der Waals surface area contributed by atoms with Gasteiger partial charge in [-0.05, 0) is 36.8 Å². The fraction of sp³-hybridized carbons (Fsp3) is 0.571. The molecule has 0 atom stereocenters. The first kappa shape index (κ1) is 17.0. The number of carbonyl (C=O) groups excluding carboxylic acids is 2. The highest BCUT2D eigenvalue weighted by molar-refractivity contribution is 7.92. The molecule has 0 bridgehead atoms. The van der Waals surface area contributed by atoms with Crippen LogP contribution >= 0.6 is 11.3 Å². The van der Waals surface area contributed by atoms with E-state index in [-0.39, 0.29) is 5.91 Å². The SMILES string of the molecule is CNC(=O)CS(=O)(=O)C1CCN(C(=O)c2cc(C)cs2)CC1. The molecule has 1 aromatic heterocycles. The summed E-state index contributed by atoms with van der Waals surface area (Å²) in [5.74, 6) is -1.01. The third-order valence-electron chi connectivity index (χ3n) is 3.79. The summed E-state index contributed by atoms with van der Waals surface area (Å²) >= 11 is 1.41.